The number of halogens is 1. The first-order chi connectivity index (χ1) is 14.1. The number of nitrogens with one attached hydrogen (secondary N) is 1. The third kappa shape index (κ3) is 4.55. The molecule has 0 atom stereocenters. The van der Waals surface area contributed by atoms with Gasteiger partial charge in [0, 0.05) is 23.3 Å². The van der Waals surface area contributed by atoms with Gasteiger partial charge in [-0.25, -0.2) is 0 Å². The summed E-state index contributed by atoms with van der Waals surface area (Å²) in [6, 6.07) is 19.0. The van der Waals surface area contributed by atoms with Crippen LogP contribution in [0.3, 0.4) is 0 Å². The molecule has 0 aliphatic rings. The van der Waals surface area contributed by atoms with E-state index in [0.717, 1.165) is 16.7 Å². The molecule has 0 saturated heterocycles. The van der Waals surface area contributed by atoms with Gasteiger partial charge in [0.2, 0.25) is 11.7 Å². The molecular weight excluding hydrogens is 388 g/mol. The molecule has 4 aromatic rings. The lowest BCUT2D eigenvalue weighted by Gasteiger charge is -2.08. The van der Waals surface area contributed by atoms with Gasteiger partial charge in [0.25, 0.3) is 5.89 Å². The fourth-order valence-corrected chi connectivity index (χ4v) is 3.03. The Bertz CT molecular complexity index is 1110. The standard InChI is InChI=1S/C22H19ClN4O2/c1-15-4-8-17(9-5-15)21-25-22(29-26-21)19-3-2-12-27(19)14-20(28)24-13-16-6-10-18(23)11-7-16/h2-12H,13-14H2,1H3,(H,24,28). The average Bonchev–Trinajstić information content (AvgIpc) is 3.37. The van der Waals surface area contributed by atoms with Crippen LogP contribution < -0.4 is 5.32 Å². The molecule has 7 heteroatoms. The monoisotopic (exact) mass is 406 g/mol. The third-order valence-corrected chi connectivity index (χ3v) is 4.75. The van der Waals surface area contributed by atoms with Crippen molar-refractivity contribution >= 4 is 17.5 Å². The Morgan fingerprint density at radius 2 is 1.86 bits per heavy atom. The van der Waals surface area contributed by atoms with Crippen LogP contribution in [0.2, 0.25) is 5.02 Å². The first kappa shape index (κ1) is 19.0. The molecule has 6 nitrogen and oxygen atoms in total. The van der Waals surface area contributed by atoms with Gasteiger partial charge in [0.15, 0.2) is 0 Å². The zero-order valence-corrected chi connectivity index (χ0v) is 16.6. The summed E-state index contributed by atoms with van der Waals surface area (Å²) < 4.78 is 7.21. The molecule has 146 valence electrons. The van der Waals surface area contributed by atoms with E-state index in [1.807, 2.05) is 61.7 Å². The molecule has 0 bridgehead atoms. The number of aromatic nitrogens is 3. The smallest absolute Gasteiger partial charge is 0.274 e. The Morgan fingerprint density at radius 1 is 1.10 bits per heavy atom. The minimum absolute atomic E-state index is 0.115. The fraction of sp³-hybridized carbons (Fsp3) is 0.136. The summed E-state index contributed by atoms with van der Waals surface area (Å²) in [7, 11) is 0. The molecule has 2 aromatic heterocycles. The third-order valence-electron chi connectivity index (χ3n) is 4.50. The van der Waals surface area contributed by atoms with Gasteiger partial charge in [-0.3, -0.25) is 4.79 Å². The van der Waals surface area contributed by atoms with Crippen LogP contribution in [0, 0.1) is 6.92 Å². The fourth-order valence-electron chi connectivity index (χ4n) is 2.91. The molecule has 2 aromatic carbocycles. The zero-order chi connectivity index (χ0) is 20.2. The summed E-state index contributed by atoms with van der Waals surface area (Å²) in [5.41, 5.74) is 3.72. The maximum atomic E-state index is 12.4. The maximum absolute atomic E-state index is 12.4. The molecule has 4 rings (SSSR count). The highest BCUT2D eigenvalue weighted by Crippen LogP contribution is 2.23. The normalized spacial score (nSPS) is 10.8. The predicted molar refractivity (Wildman–Crippen MR) is 111 cm³/mol. The number of carbonyl (C=O) groups excluding carboxylic acids is 1. The van der Waals surface area contributed by atoms with Gasteiger partial charge in [-0.1, -0.05) is 58.7 Å². The first-order valence-corrected chi connectivity index (χ1v) is 9.54. The maximum Gasteiger partial charge on any atom is 0.274 e. The molecule has 0 aliphatic heterocycles. The van der Waals surface area contributed by atoms with Crippen molar-refractivity contribution in [1.29, 1.82) is 0 Å². The second kappa shape index (κ2) is 8.32. The van der Waals surface area contributed by atoms with E-state index >= 15 is 0 Å². The summed E-state index contributed by atoms with van der Waals surface area (Å²) in [6.45, 7) is 2.61. The van der Waals surface area contributed by atoms with Crippen LogP contribution in [0.25, 0.3) is 23.0 Å². The summed E-state index contributed by atoms with van der Waals surface area (Å²) in [5, 5.41) is 7.64. The van der Waals surface area contributed by atoms with Crippen molar-refractivity contribution in [1.82, 2.24) is 20.0 Å². The number of amides is 1. The summed E-state index contributed by atoms with van der Waals surface area (Å²) in [6.07, 6.45) is 1.81. The van der Waals surface area contributed by atoms with Crippen molar-refractivity contribution in [3.8, 4) is 23.0 Å². The summed E-state index contributed by atoms with van der Waals surface area (Å²) >= 11 is 5.88. The highest BCUT2D eigenvalue weighted by atomic mass is 35.5. The van der Waals surface area contributed by atoms with Gasteiger partial charge in [-0.05, 0) is 36.8 Å². The van der Waals surface area contributed by atoms with Crippen molar-refractivity contribution < 1.29 is 9.32 Å². The average molecular weight is 407 g/mol. The molecule has 1 N–H and O–H groups in total. The molecule has 0 aliphatic carbocycles. The molecular formula is C22H19ClN4O2. The highest BCUT2D eigenvalue weighted by molar-refractivity contribution is 6.30. The SMILES string of the molecule is Cc1ccc(-c2noc(-c3cccn3CC(=O)NCc3ccc(Cl)cc3)n2)cc1. The summed E-state index contributed by atoms with van der Waals surface area (Å²) in [5.74, 6) is 0.770. The van der Waals surface area contributed by atoms with Gasteiger partial charge in [-0.2, -0.15) is 4.98 Å². The molecule has 0 spiro atoms. The van der Waals surface area contributed by atoms with Crippen molar-refractivity contribution in [3.63, 3.8) is 0 Å². The van der Waals surface area contributed by atoms with Gasteiger partial charge in [0.05, 0.1) is 0 Å². The van der Waals surface area contributed by atoms with Crippen molar-refractivity contribution in [2.45, 2.75) is 20.0 Å². The number of hydrogen-bond donors (Lipinski definition) is 1. The van der Waals surface area contributed by atoms with E-state index in [0.29, 0.717) is 29.0 Å². The molecule has 0 radical (unpaired) electrons. The zero-order valence-electron chi connectivity index (χ0n) is 15.8. The van der Waals surface area contributed by atoms with Crippen LogP contribution in [0.5, 0.6) is 0 Å². The second-order valence-electron chi connectivity index (χ2n) is 6.71. The minimum Gasteiger partial charge on any atom is -0.350 e. The molecule has 0 unspecified atom stereocenters. The molecule has 2 heterocycles. The number of hydrogen-bond acceptors (Lipinski definition) is 4. The Morgan fingerprint density at radius 3 is 2.62 bits per heavy atom. The molecule has 0 fully saturated rings. The number of nitrogens with zero attached hydrogens (tertiary/aromatic N) is 3. The van der Waals surface area contributed by atoms with Gasteiger partial charge in [0.1, 0.15) is 12.2 Å². The lowest BCUT2D eigenvalue weighted by molar-refractivity contribution is -0.121. The Kier molecular flexibility index (Phi) is 5.44. The number of carbonyl (C=O) groups is 1. The summed E-state index contributed by atoms with van der Waals surface area (Å²) in [4.78, 5) is 16.8. The van der Waals surface area contributed by atoms with Gasteiger partial charge < -0.3 is 14.4 Å². The largest absolute Gasteiger partial charge is 0.350 e. The van der Waals surface area contributed by atoms with Gasteiger partial charge >= 0.3 is 0 Å². The Labute approximate surface area is 173 Å². The quantitative estimate of drug-likeness (QED) is 0.512. The predicted octanol–water partition coefficient (Wildman–Crippen LogP) is 4.48. The lowest BCUT2D eigenvalue weighted by Crippen LogP contribution is -2.27. The molecule has 1 amide bonds. The van der Waals surface area contributed by atoms with Crippen LogP contribution in [0.15, 0.2) is 71.4 Å². The van der Waals surface area contributed by atoms with E-state index in [-0.39, 0.29) is 12.5 Å². The number of benzene rings is 2. The van der Waals surface area contributed by atoms with Crippen LogP contribution in [0.1, 0.15) is 11.1 Å². The highest BCUT2D eigenvalue weighted by Gasteiger charge is 2.15. The van der Waals surface area contributed by atoms with Crippen molar-refractivity contribution in [2.75, 3.05) is 0 Å². The van der Waals surface area contributed by atoms with Crippen molar-refractivity contribution in [3.05, 3.63) is 83.0 Å². The number of aryl methyl sites for hydroxylation is 1. The molecule has 0 saturated carbocycles. The van der Waals surface area contributed by atoms with E-state index in [2.05, 4.69) is 15.5 Å². The van der Waals surface area contributed by atoms with Crippen molar-refractivity contribution in [2.24, 2.45) is 0 Å². The van der Waals surface area contributed by atoms with Crippen LogP contribution in [-0.4, -0.2) is 20.6 Å². The Hall–Kier alpha value is -3.38. The topological polar surface area (TPSA) is 73.0 Å². The Balaban J connectivity index is 1.44. The van der Waals surface area contributed by atoms with E-state index in [4.69, 9.17) is 16.1 Å². The number of rotatable bonds is 6. The molecule has 29 heavy (non-hydrogen) atoms. The van der Waals surface area contributed by atoms with E-state index in [1.54, 1.807) is 16.7 Å². The first-order valence-electron chi connectivity index (χ1n) is 9.16. The van der Waals surface area contributed by atoms with E-state index in [1.165, 1.54) is 0 Å². The minimum atomic E-state index is -0.115. The van der Waals surface area contributed by atoms with Gasteiger partial charge in [-0.15, -0.1) is 0 Å². The second-order valence-corrected chi connectivity index (χ2v) is 7.15. The van der Waals surface area contributed by atoms with E-state index < -0.39 is 0 Å². The van der Waals surface area contributed by atoms with E-state index in [9.17, 15) is 4.79 Å². The van der Waals surface area contributed by atoms with Crippen LogP contribution in [-0.2, 0) is 17.9 Å². The lowest BCUT2D eigenvalue weighted by atomic mass is 10.1. The van der Waals surface area contributed by atoms with Crippen LogP contribution in [0.4, 0.5) is 0 Å². The van der Waals surface area contributed by atoms with Crippen LogP contribution >= 0.6 is 11.6 Å².